The zero-order valence-electron chi connectivity index (χ0n) is 17.4. The SMILES string of the molecule is COc1ccc(-c2c(C)sc3nc(Cl)nc(N4CCN(C(C)=O)CC4)c23)cc1OC. The molecule has 1 amide bonds. The molecule has 30 heavy (non-hydrogen) atoms. The number of ether oxygens (including phenoxy) is 2. The first-order chi connectivity index (χ1) is 14.4. The second-order valence-electron chi connectivity index (χ2n) is 7.09. The standard InChI is InChI=1S/C21H23ClN4O3S/c1-12-17(14-5-6-15(28-3)16(11-14)29-4)18-19(23-21(22)24-20(18)30-12)26-9-7-25(8-10-26)13(2)27/h5-6,11H,7-10H2,1-4H3. The van der Waals surface area contributed by atoms with Gasteiger partial charge in [-0.15, -0.1) is 11.3 Å². The smallest absolute Gasteiger partial charge is 0.225 e. The van der Waals surface area contributed by atoms with Gasteiger partial charge in [0.15, 0.2) is 11.5 Å². The van der Waals surface area contributed by atoms with Crippen molar-refractivity contribution >= 4 is 44.9 Å². The Bertz CT molecular complexity index is 1110. The van der Waals surface area contributed by atoms with Gasteiger partial charge in [0.05, 0.1) is 19.6 Å². The van der Waals surface area contributed by atoms with Gasteiger partial charge in [0.25, 0.3) is 0 Å². The number of rotatable bonds is 4. The maximum absolute atomic E-state index is 11.7. The second kappa shape index (κ2) is 8.28. The summed E-state index contributed by atoms with van der Waals surface area (Å²) in [6.07, 6.45) is 0. The maximum Gasteiger partial charge on any atom is 0.225 e. The van der Waals surface area contributed by atoms with Crippen LogP contribution in [0.5, 0.6) is 11.5 Å². The highest BCUT2D eigenvalue weighted by Gasteiger charge is 2.26. The van der Waals surface area contributed by atoms with E-state index in [4.69, 9.17) is 21.1 Å². The lowest BCUT2D eigenvalue weighted by Crippen LogP contribution is -2.48. The monoisotopic (exact) mass is 446 g/mol. The largest absolute Gasteiger partial charge is 0.493 e. The molecule has 3 aromatic rings. The van der Waals surface area contributed by atoms with E-state index in [0.717, 1.165) is 32.0 Å². The van der Waals surface area contributed by atoms with E-state index in [1.165, 1.54) is 0 Å². The molecule has 0 aliphatic carbocycles. The minimum atomic E-state index is 0.0953. The number of hydrogen-bond donors (Lipinski definition) is 0. The van der Waals surface area contributed by atoms with Gasteiger partial charge in [-0.3, -0.25) is 4.79 Å². The van der Waals surface area contributed by atoms with Crippen LogP contribution in [0.15, 0.2) is 18.2 Å². The van der Waals surface area contributed by atoms with E-state index in [9.17, 15) is 4.79 Å². The van der Waals surface area contributed by atoms with E-state index >= 15 is 0 Å². The average Bonchev–Trinajstić information content (AvgIpc) is 3.08. The van der Waals surface area contributed by atoms with Crippen molar-refractivity contribution in [2.24, 2.45) is 0 Å². The molecule has 158 valence electrons. The number of halogens is 1. The molecule has 7 nitrogen and oxygen atoms in total. The summed E-state index contributed by atoms with van der Waals surface area (Å²) in [4.78, 5) is 26.8. The van der Waals surface area contributed by atoms with E-state index in [0.29, 0.717) is 37.7 Å². The molecule has 2 aromatic heterocycles. The van der Waals surface area contributed by atoms with Gasteiger partial charge in [0.1, 0.15) is 10.6 Å². The Kier molecular flexibility index (Phi) is 5.71. The molecule has 9 heteroatoms. The summed E-state index contributed by atoms with van der Waals surface area (Å²) in [5.41, 5.74) is 2.07. The number of benzene rings is 1. The minimum absolute atomic E-state index is 0.0953. The zero-order valence-corrected chi connectivity index (χ0v) is 18.9. The van der Waals surface area contributed by atoms with Crippen molar-refractivity contribution in [3.05, 3.63) is 28.4 Å². The lowest BCUT2D eigenvalue weighted by atomic mass is 10.0. The van der Waals surface area contributed by atoms with Gasteiger partial charge in [-0.1, -0.05) is 6.07 Å². The maximum atomic E-state index is 11.7. The zero-order chi connectivity index (χ0) is 21.4. The number of aryl methyl sites for hydroxylation is 1. The van der Waals surface area contributed by atoms with Crippen molar-refractivity contribution < 1.29 is 14.3 Å². The third kappa shape index (κ3) is 3.65. The van der Waals surface area contributed by atoms with Crippen molar-refractivity contribution in [1.29, 1.82) is 0 Å². The van der Waals surface area contributed by atoms with Crippen LogP contribution in [0.1, 0.15) is 11.8 Å². The Balaban J connectivity index is 1.84. The van der Waals surface area contributed by atoms with E-state index < -0.39 is 0 Å². The Hall–Kier alpha value is -2.58. The van der Waals surface area contributed by atoms with Crippen LogP contribution < -0.4 is 14.4 Å². The minimum Gasteiger partial charge on any atom is -0.493 e. The Morgan fingerprint density at radius 1 is 1.10 bits per heavy atom. The number of carbonyl (C=O) groups excluding carboxylic acids is 1. The number of fused-ring (bicyclic) bond motifs is 1. The molecule has 0 spiro atoms. The predicted octanol–water partition coefficient (Wildman–Crippen LogP) is 4.01. The van der Waals surface area contributed by atoms with Crippen LogP contribution in [-0.4, -0.2) is 61.2 Å². The van der Waals surface area contributed by atoms with Crippen LogP contribution in [0.25, 0.3) is 21.3 Å². The fourth-order valence-corrected chi connectivity index (χ4v) is 5.12. The molecule has 0 unspecified atom stereocenters. The number of piperazine rings is 1. The van der Waals surface area contributed by atoms with Crippen molar-refractivity contribution in [3.63, 3.8) is 0 Å². The topological polar surface area (TPSA) is 67.8 Å². The van der Waals surface area contributed by atoms with E-state index in [1.54, 1.807) is 32.5 Å². The number of aromatic nitrogens is 2. The molecule has 0 atom stereocenters. The van der Waals surface area contributed by atoms with Gasteiger partial charge < -0.3 is 19.3 Å². The molecule has 1 saturated heterocycles. The van der Waals surface area contributed by atoms with Crippen LogP contribution in [0.2, 0.25) is 5.28 Å². The highest BCUT2D eigenvalue weighted by molar-refractivity contribution is 7.19. The van der Waals surface area contributed by atoms with Crippen molar-refractivity contribution in [2.75, 3.05) is 45.3 Å². The number of anilines is 1. The predicted molar refractivity (Wildman–Crippen MR) is 120 cm³/mol. The fourth-order valence-electron chi connectivity index (χ4n) is 3.87. The average molecular weight is 447 g/mol. The molecule has 0 radical (unpaired) electrons. The van der Waals surface area contributed by atoms with Gasteiger partial charge in [-0.05, 0) is 36.2 Å². The normalized spacial score (nSPS) is 14.3. The fraction of sp³-hybridized carbons (Fsp3) is 0.381. The molecular weight excluding hydrogens is 424 g/mol. The van der Waals surface area contributed by atoms with Gasteiger partial charge in [-0.25, -0.2) is 4.98 Å². The summed E-state index contributed by atoms with van der Waals surface area (Å²) >= 11 is 7.87. The number of thiophene rings is 1. The number of nitrogens with zero attached hydrogens (tertiary/aromatic N) is 4. The summed E-state index contributed by atoms with van der Waals surface area (Å²) in [5, 5.41) is 1.21. The molecular formula is C21H23ClN4O3S. The van der Waals surface area contributed by atoms with Crippen LogP contribution >= 0.6 is 22.9 Å². The summed E-state index contributed by atoms with van der Waals surface area (Å²) in [5.74, 6) is 2.25. The summed E-state index contributed by atoms with van der Waals surface area (Å²) in [6.45, 7) is 6.39. The van der Waals surface area contributed by atoms with Crippen LogP contribution in [0.4, 0.5) is 5.82 Å². The van der Waals surface area contributed by atoms with Crippen LogP contribution in [-0.2, 0) is 4.79 Å². The Morgan fingerprint density at radius 3 is 2.43 bits per heavy atom. The molecule has 1 aliphatic rings. The highest BCUT2D eigenvalue weighted by atomic mass is 35.5. The van der Waals surface area contributed by atoms with Gasteiger partial charge >= 0.3 is 0 Å². The third-order valence-electron chi connectivity index (χ3n) is 5.38. The molecule has 0 N–H and O–H groups in total. The molecule has 3 heterocycles. The first kappa shape index (κ1) is 20.7. The van der Waals surface area contributed by atoms with E-state index in [-0.39, 0.29) is 11.2 Å². The Morgan fingerprint density at radius 2 is 1.80 bits per heavy atom. The van der Waals surface area contributed by atoms with Crippen molar-refractivity contribution in [3.8, 4) is 22.6 Å². The number of carbonyl (C=O) groups is 1. The summed E-state index contributed by atoms with van der Waals surface area (Å²) in [6, 6.07) is 5.89. The summed E-state index contributed by atoms with van der Waals surface area (Å²) in [7, 11) is 3.25. The molecule has 0 saturated carbocycles. The lowest BCUT2D eigenvalue weighted by Gasteiger charge is -2.35. The molecule has 1 aromatic carbocycles. The third-order valence-corrected chi connectivity index (χ3v) is 6.55. The Labute approximate surface area is 184 Å². The van der Waals surface area contributed by atoms with E-state index in [2.05, 4.69) is 21.8 Å². The van der Waals surface area contributed by atoms with Gasteiger partial charge in [0, 0.05) is 43.5 Å². The first-order valence-electron chi connectivity index (χ1n) is 9.62. The van der Waals surface area contributed by atoms with Gasteiger partial charge in [-0.2, -0.15) is 4.98 Å². The van der Waals surface area contributed by atoms with Crippen molar-refractivity contribution in [2.45, 2.75) is 13.8 Å². The molecule has 4 rings (SSSR count). The number of methoxy groups -OCH3 is 2. The molecule has 0 bridgehead atoms. The van der Waals surface area contributed by atoms with Crippen molar-refractivity contribution in [1.82, 2.24) is 14.9 Å². The van der Waals surface area contributed by atoms with E-state index in [1.807, 2.05) is 23.1 Å². The van der Waals surface area contributed by atoms with Crippen LogP contribution in [0, 0.1) is 6.92 Å². The highest BCUT2D eigenvalue weighted by Crippen LogP contribution is 2.44. The quantitative estimate of drug-likeness (QED) is 0.564. The number of amides is 1. The first-order valence-corrected chi connectivity index (χ1v) is 10.8. The molecule has 1 aliphatic heterocycles. The molecule has 1 fully saturated rings. The second-order valence-corrected chi connectivity index (χ2v) is 8.63. The van der Waals surface area contributed by atoms with Crippen LogP contribution in [0.3, 0.4) is 0 Å². The number of hydrogen-bond acceptors (Lipinski definition) is 7. The van der Waals surface area contributed by atoms with Gasteiger partial charge in [0.2, 0.25) is 11.2 Å². The summed E-state index contributed by atoms with van der Waals surface area (Å²) < 4.78 is 10.9. The lowest BCUT2D eigenvalue weighted by molar-refractivity contribution is -0.129.